The van der Waals surface area contributed by atoms with Crippen molar-refractivity contribution in [2.75, 3.05) is 13.4 Å². The maximum Gasteiger partial charge on any atom is 0.189 e. The zero-order chi connectivity index (χ0) is 15.9. The topological polar surface area (TPSA) is 27.7 Å². The lowest BCUT2D eigenvalue weighted by Crippen LogP contribution is -2.05. The van der Waals surface area contributed by atoms with Gasteiger partial charge in [0.2, 0.25) is 0 Å². The van der Waals surface area contributed by atoms with Gasteiger partial charge in [-0.3, -0.25) is 0 Å². The summed E-state index contributed by atoms with van der Waals surface area (Å²) in [6, 6.07) is 12.3. The molecule has 0 radical (unpaired) electrons. The van der Waals surface area contributed by atoms with E-state index in [0.717, 1.165) is 26.2 Å². The standard InChI is InChI=1S/C18H21IO3/c1-4-20-12-22-18-14(3)9-15(10-17(18)19)11-21-16-7-5-13(2)6-8-16/h5-10H,4,11-12H2,1-3H3. The number of hydrogen-bond acceptors (Lipinski definition) is 3. The molecule has 3 nitrogen and oxygen atoms in total. The minimum atomic E-state index is 0.284. The van der Waals surface area contributed by atoms with Crippen molar-refractivity contribution in [3.8, 4) is 11.5 Å². The van der Waals surface area contributed by atoms with E-state index in [0.29, 0.717) is 13.2 Å². The van der Waals surface area contributed by atoms with Crippen LogP contribution in [-0.2, 0) is 11.3 Å². The molecule has 0 N–H and O–H groups in total. The van der Waals surface area contributed by atoms with Gasteiger partial charge >= 0.3 is 0 Å². The third-order valence-corrected chi connectivity index (χ3v) is 4.01. The maximum absolute atomic E-state index is 5.83. The van der Waals surface area contributed by atoms with E-state index >= 15 is 0 Å². The van der Waals surface area contributed by atoms with Crippen LogP contribution in [-0.4, -0.2) is 13.4 Å². The molecule has 0 aliphatic heterocycles. The third-order valence-electron chi connectivity index (χ3n) is 3.21. The predicted octanol–water partition coefficient (Wildman–Crippen LogP) is 4.86. The van der Waals surface area contributed by atoms with Crippen LogP contribution in [0.25, 0.3) is 0 Å². The first-order chi connectivity index (χ1) is 10.6. The van der Waals surface area contributed by atoms with E-state index < -0.39 is 0 Å². The van der Waals surface area contributed by atoms with E-state index in [2.05, 4.69) is 53.8 Å². The second kappa shape index (κ2) is 8.39. The fourth-order valence-electron chi connectivity index (χ4n) is 2.05. The largest absolute Gasteiger partial charge is 0.489 e. The quantitative estimate of drug-likeness (QED) is 0.369. The Labute approximate surface area is 145 Å². The smallest absolute Gasteiger partial charge is 0.189 e. The summed E-state index contributed by atoms with van der Waals surface area (Å²) in [5.74, 6) is 1.77. The van der Waals surface area contributed by atoms with Crippen molar-refractivity contribution in [1.82, 2.24) is 0 Å². The molecule has 0 spiro atoms. The summed E-state index contributed by atoms with van der Waals surface area (Å²) >= 11 is 2.29. The average Bonchev–Trinajstić information content (AvgIpc) is 2.49. The minimum Gasteiger partial charge on any atom is -0.489 e. The Morgan fingerprint density at radius 1 is 1.00 bits per heavy atom. The number of benzene rings is 2. The van der Waals surface area contributed by atoms with Crippen molar-refractivity contribution in [3.63, 3.8) is 0 Å². The summed E-state index contributed by atoms with van der Waals surface area (Å²) in [5, 5.41) is 0. The van der Waals surface area contributed by atoms with E-state index in [4.69, 9.17) is 14.2 Å². The first kappa shape index (κ1) is 17.1. The fraction of sp³-hybridized carbons (Fsp3) is 0.333. The molecule has 2 aromatic rings. The van der Waals surface area contributed by atoms with Gasteiger partial charge in [0.05, 0.1) is 3.57 Å². The number of hydrogen-bond donors (Lipinski definition) is 0. The van der Waals surface area contributed by atoms with Gasteiger partial charge in [-0.1, -0.05) is 17.7 Å². The SMILES string of the molecule is CCOCOc1c(C)cc(COc2ccc(C)cc2)cc1I. The summed E-state index contributed by atoms with van der Waals surface area (Å²) in [6.07, 6.45) is 0. The van der Waals surface area contributed by atoms with Crippen molar-refractivity contribution in [3.05, 3.63) is 56.7 Å². The van der Waals surface area contributed by atoms with Gasteiger partial charge in [0.15, 0.2) is 6.79 Å². The number of rotatable bonds is 7. The first-order valence-electron chi connectivity index (χ1n) is 7.29. The van der Waals surface area contributed by atoms with Crippen LogP contribution >= 0.6 is 22.6 Å². The van der Waals surface area contributed by atoms with Crippen LogP contribution in [0.5, 0.6) is 11.5 Å². The van der Waals surface area contributed by atoms with Gasteiger partial charge in [0.25, 0.3) is 0 Å². The Morgan fingerprint density at radius 2 is 1.73 bits per heavy atom. The van der Waals surface area contributed by atoms with Crippen molar-refractivity contribution in [2.45, 2.75) is 27.4 Å². The normalized spacial score (nSPS) is 10.5. The average molecular weight is 412 g/mol. The van der Waals surface area contributed by atoms with E-state index in [-0.39, 0.29) is 6.79 Å². The van der Waals surface area contributed by atoms with E-state index in [1.165, 1.54) is 5.56 Å². The van der Waals surface area contributed by atoms with Crippen molar-refractivity contribution < 1.29 is 14.2 Å². The number of halogens is 1. The van der Waals surface area contributed by atoms with Gasteiger partial charge < -0.3 is 14.2 Å². The summed E-state index contributed by atoms with van der Waals surface area (Å²) in [6.45, 7) is 7.54. The molecular weight excluding hydrogens is 391 g/mol. The van der Waals surface area contributed by atoms with Crippen LogP contribution in [0.3, 0.4) is 0 Å². The van der Waals surface area contributed by atoms with Crippen LogP contribution in [0.4, 0.5) is 0 Å². The summed E-state index contributed by atoms with van der Waals surface area (Å²) < 4.78 is 17.8. The van der Waals surface area contributed by atoms with Gasteiger partial charge in [-0.15, -0.1) is 0 Å². The number of aryl methyl sites for hydroxylation is 2. The van der Waals surface area contributed by atoms with Crippen LogP contribution in [0.15, 0.2) is 36.4 Å². The summed E-state index contributed by atoms with van der Waals surface area (Å²) in [4.78, 5) is 0. The molecule has 4 heteroatoms. The molecule has 0 aromatic heterocycles. The highest BCUT2D eigenvalue weighted by molar-refractivity contribution is 14.1. The van der Waals surface area contributed by atoms with Crippen LogP contribution in [0, 0.1) is 17.4 Å². The Kier molecular flexibility index (Phi) is 6.51. The molecule has 0 aliphatic carbocycles. The van der Waals surface area contributed by atoms with E-state index in [1.54, 1.807) is 0 Å². The van der Waals surface area contributed by atoms with Crippen molar-refractivity contribution in [1.29, 1.82) is 0 Å². The lowest BCUT2D eigenvalue weighted by atomic mass is 10.1. The molecule has 0 bridgehead atoms. The first-order valence-corrected chi connectivity index (χ1v) is 8.37. The predicted molar refractivity (Wildman–Crippen MR) is 96.5 cm³/mol. The van der Waals surface area contributed by atoms with Gasteiger partial charge in [0, 0.05) is 6.61 Å². The molecule has 2 aromatic carbocycles. The van der Waals surface area contributed by atoms with Crippen LogP contribution in [0.1, 0.15) is 23.6 Å². The highest BCUT2D eigenvalue weighted by Gasteiger charge is 2.08. The van der Waals surface area contributed by atoms with E-state index in [1.807, 2.05) is 26.0 Å². The lowest BCUT2D eigenvalue weighted by molar-refractivity contribution is 0.0214. The Hall–Kier alpha value is -1.27. The third kappa shape index (κ3) is 4.88. The highest BCUT2D eigenvalue weighted by atomic mass is 127. The minimum absolute atomic E-state index is 0.284. The fourth-order valence-corrected chi connectivity index (χ4v) is 3.03. The van der Waals surface area contributed by atoms with Crippen LogP contribution < -0.4 is 9.47 Å². The Balaban J connectivity index is 2.01. The highest BCUT2D eigenvalue weighted by Crippen LogP contribution is 2.27. The molecule has 0 atom stereocenters. The molecule has 0 unspecified atom stereocenters. The van der Waals surface area contributed by atoms with Crippen molar-refractivity contribution >= 4 is 22.6 Å². The molecule has 0 saturated carbocycles. The molecule has 2 rings (SSSR count). The maximum atomic E-state index is 5.83. The van der Waals surface area contributed by atoms with Gasteiger partial charge in [-0.05, 0) is 78.8 Å². The molecule has 0 aliphatic rings. The molecule has 22 heavy (non-hydrogen) atoms. The second-order valence-corrected chi connectivity index (χ2v) is 6.24. The summed E-state index contributed by atoms with van der Waals surface area (Å²) in [5.41, 5.74) is 3.45. The monoisotopic (exact) mass is 412 g/mol. The Bertz CT molecular complexity index is 585. The van der Waals surface area contributed by atoms with Gasteiger partial charge in [0.1, 0.15) is 18.1 Å². The molecule has 0 fully saturated rings. The van der Waals surface area contributed by atoms with Gasteiger partial charge in [-0.25, -0.2) is 0 Å². The van der Waals surface area contributed by atoms with Crippen molar-refractivity contribution in [2.24, 2.45) is 0 Å². The molecular formula is C18H21IO3. The Morgan fingerprint density at radius 3 is 2.36 bits per heavy atom. The van der Waals surface area contributed by atoms with E-state index in [9.17, 15) is 0 Å². The second-order valence-electron chi connectivity index (χ2n) is 5.08. The van der Waals surface area contributed by atoms with Gasteiger partial charge in [-0.2, -0.15) is 0 Å². The molecule has 0 saturated heterocycles. The molecule has 0 amide bonds. The number of ether oxygens (including phenoxy) is 3. The zero-order valence-electron chi connectivity index (χ0n) is 13.2. The lowest BCUT2D eigenvalue weighted by Gasteiger charge is -2.13. The van der Waals surface area contributed by atoms with Crippen LogP contribution in [0.2, 0.25) is 0 Å². The molecule has 118 valence electrons. The zero-order valence-corrected chi connectivity index (χ0v) is 15.3. The summed E-state index contributed by atoms with van der Waals surface area (Å²) in [7, 11) is 0. The molecule has 0 heterocycles.